The molecule has 1 unspecified atom stereocenters. The highest BCUT2D eigenvalue weighted by Gasteiger charge is 2.43. The van der Waals surface area contributed by atoms with Crippen molar-refractivity contribution in [3.63, 3.8) is 0 Å². The molecule has 0 saturated heterocycles. The molecule has 0 fully saturated rings. The van der Waals surface area contributed by atoms with Gasteiger partial charge < -0.3 is 15.9 Å². The number of nitrogens with zero attached hydrogens (tertiary/aromatic N) is 2. The first kappa shape index (κ1) is 17.4. The second kappa shape index (κ2) is 6.61. The van der Waals surface area contributed by atoms with Crippen molar-refractivity contribution in [3.05, 3.63) is 82.2 Å². The molecule has 0 saturated carbocycles. The minimum atomic E-state index is -1.48. The first-order valence-electron chi connectivity index (χ1n) is 8.52. The number of aromatic nitrogens is 2. The molecular weight excluding hydrogens is 349 g/mol. The largest absolute Gasteiger partial charge is 0.387 e. The van der Waals surface area contributed by atoms with Gasteiger partial charge in [0.2, 0.25) is 0 Å². The van der Waals surface area contributed by atoms with Crippen molar-refractivity contribution in [3.8, 4) is 0 Å². The van der Waals surface area contributed by atoms with E-state index >= 15 is 4.39 Å². The Labute approximate surface area is 154 Å². The van der Waals surface area contributed by atoms with Crippen molar-refractivity contribution in [1.29, 1.82) is 0 Å². The van der Waals surface area contributed by atoms with Crippen molar-refractivity contribution in [2.24, 2.45) is 0 Å². The van der Waals surface area contributed by atoms with Crippen LogP contribution in [-0.4, -0.2) is 32.0 Å². The molecule has 4 N–H and O–H groups in total. The van der Waals surface area contributed by atoms with Gasteiger partial charge in [0.15, 0.2) is 0 Å². The number of fused-ring (bicyclic) bond motifs is 1. The summed E-state index contributed by atoms with van der Waals surface area (Å²) in [5.41, 5.74) is 5.53. The number of anilines is 1. The number of aliphatic hydroxyl groups is 2. The van der Waals surface area contributed by atoms with Crippen molar-refractivity contribution in [2.75, 3.05) is 5.73 Å². The van der Waals surface area contributed by atoms with E-state index in [1.165, 1.54) is 12.3 Å². The fraction of sp³-hybridized carbons (Fsp3) is 0.200. The van der Waals surface area contributed by atoms with Gasteiger partial charge in [-0.3, -0.25) is 4.57 Å². The second-order valence-electron chi connectivity index (χ2n) is 6.65. The summed E-state index contributed by atoms with van der Waals surface area (Å²) in [5, 5.41) is 22.8. The van der Waals surface area contributed by atoms with Crippen LogP contribution in [0, 0.1) is 0 Å². The van der Waals surface area contributed by atoms with E-state index in [4.69, 9.17) is 5.73 Å². The SMILES string of the molecule is Nc1ccn(C2C(F)=C(Cc3ccc4ccccc4c3)[C@@H](O)[C@H]2O)c(=O)n1. The average Bonchev–Trinajstić information content (AvgIpc) is 2.86. The third-order valence-corrected chi connectivity index (χ3v) is 4.93. The molecule has 27 heavy (non-hydrogen) atoms. The van der Waals surface area contributed by atoms with Crippen LogP contribution in [0.25, 0.3) is 10.8 Å². The van der Waals surface area contributed by atoms with Gasteiger partial charge in [-0.25, -0.2) is 9.18 Å². The number of nitrogen functional groups attached to an aromatic ring is 1. The minimum Gasteiger partial charge on any atom is -0.387 e. The number of halogens is 1. The first-order chi connectivity index (χ1) is 13.0. The van der Waals surface area contributed by atoms with Gasteiger partial charge in [0.05, 0.1) is 0 Å². The molecule has 1 heterocycles. The molecule has 138 valence electrons. The molecule has 1 aliphatic carbocycles. The lowest BCUT2D eigenvalue weighted by Crippen LogP contribution is -2.36. The molecule has 7 heteroatoms. The van der Waals surface area contributed by atoms with Crippen molar-refractivity contribution >= 4 is 16.6 Å². The molecule has 0 spiro atoms. The Balaban J connectivity index is 1.72. The Morgan fingerprint density at radius 1 is 1.11 bits per heavy atom. The van der Waals surface area contributed by atoms with Crippen LogP contribution in [0.5, 0.6) is 0 Å². The van der Waals surface area contributed by atoms with Gasteiger partial charge in [-0.05, 0) is 34.4 Å². The van der Waals surface area contributed by atoms with E-state index in [2.05, 4.69) is 4.98 Å². The highest BCUT2D eigenvalue weighted by atomic mass is 19.1. The monoisotopic (exact) mass is 367 g/mol. The molecule has 0 amide bonds. The van der Waals surface area contributed by atoms with Gasteiger partial charge >= 0.3 is 5.69 Å². The lowest BCUT2D eigenvalue weighted by atomic mass is 9.99. The van der Waals surface area contributed by atoms with E-state index in [1.54, 1.807) is 0 Å². The smallest absolute Gasteiger partial charge is 0.350 e. The zero-order valence-corrected chi connectivity index (χ0v) is 14.3. The number of benzene rings is 2. The van der Waals surface area contributed by atoms with Crippen LogP contribution in [0.4, 0.5) is 10.2 Å². The summed E-state index contributed by atoms with van der Waals surface area (Å²) in [6.07, 6.45) is -1.50. The molecule has 2 aromatic carbocycles. The maximum absolute atomic E-state index is 15.1. The van der Waals surface area contributed by atoms with Crippen LogP contribution in [0.2, 0.25) is 0 Å². The molecule has 1 aliphatic rings. The highest BCUT2D eigenvalue weighted by Crippen LogP contribution is 2.38. The molecule has 0 aliphatic heterocycles. The van der Waals surface area contributed by atoms with Crippen molar-refractivity contribution in [2.45, 2.75) is 24.7 Å². The summed E-state index contributed by atoms with van der Waals surface area (Å²) >= 11 is 0. The molecule has 0 radical (unpaired) electrons. The van der Waals surface area contributed by atoms with E-state index < -0.39 is 29.8 Å². The highest BCUT2D eigenvalue weighted by molar-refractivity contribution is 5.83. The van der Waals surface area contributed by atoms with Crippen LogP contribution in [-0.2, 0) is 6.42 Å². The van der Waals surface area contributed by atoms with E-state index in [9.17, 15) is 15.0 Å². The summed E-state index contributed by atoms with van der Waals surface area (Å²) in [7, 11) is 0. The van der Waals surface area contributed by atoms with E-state index in [0.717, 1.165) is 20.9 Å². The Kier molecular flexibility index (Phi) is 4.25. The summed E-state index contributed by atoms with van der Waals surface area (Å²) in [5.74, 6) is -0.720. The second-order valence-corrected chi connectivity index (χ2v) is 6.65. The van der Waals surface area contributed by atoms with E-state index in [1.807, 2.05) is 42.5 Å². The van der Waals surface area contributed by atoms with Crippen LogP contribution >= 0.6 is 0 Å². The van der Waals surface area contributed by atoms with E-state index in [-0.39, 0.29) is 17.8 Å². The number of hydrogen-bond acceptors (Lipinski definition) is 5. The average molecular weight is 367 g/mol. The Morgan fingerprint density at radius 3 is 2.59 bits per heavy atom. The molecular formula is C20H18FN3O3. The lowest BCUT2D eigenvalue weighted by molar-refractivity contribution is 0.0272. The normalized spacial score (nSPS) is 22.6. The standard InChI is InChI=1S/C20H18FN3O3/c21-16-14(10-11-5-6-12-3-1-2-4-13(12)9-11)18(25)19(26)17(16)24-8-7-15(22)23-20(24)27/h1-9,17-19,25-26H,10H2,(H2,22,23,27)/t17?,18-,19+/m1/s1. The quantitative estimate of drug-likeness (QED) is 0.654. The summed E-state index contributed by atoms with van der Waals surface area (Å²) < 4.78 is 16.0. The van der Waals surface area contributed by atoms with Crippen molar-refractivity contribution in [1.82, 2.24) is 9.55 Å². The summed E-state index contributed by atoms with van der Waals surface area (Å²) in [6.45, 7) is 0. The van der Waals surface area contributed by atoms with Crippen molar-refractivity contribution < 1.29 is 14.6 Å². The van der Waals surface area contributed by atoms with Gasteiger partial charge in [0.1, 0.15) is 29.9 Å². The van der Waals surface area contributed by atoms with Gasteiger partial charge in [-0.1, -0.05) is 42.5 Å². The molecule has 3 aromatic rings. The predicted octanol–water partition coefficient (Wildman–Crippen LogP) is 1.72. The third-order valence-electron chi connectivity index (χ3n) is 4.93. The summed E-state index contributed by atoms with van der Waals surface area (Å²) in [6, 6.07) is 13.5. The predicted molar refractivity (Wildman–Crippen MR) is 99.7 cm³/mol. The zero-order chi connectivity index (χ0) is 19.1. The number of rotatable bonds is 3. The molecule has 1 aromatic heterocycles. The lowest BCUT2D eigenvalue weighted by Gasteiger charge is -2.19. The maximum atomic E-state index is 15.1. The van der Waals surface area contributed by atoms with Gasteiger partial charge in [0.25, 0.3) is 0 Å². The Bertz CT molecular complexity index is 1110. The molecule has 0 bridgehead atoms. The topological polar surface area (TPSA) is 101 Å². The zero-order valence-electron chi connectivity index (χ0n) is 14.3. The fourth-order valence-electron chi connectivity index (χ4n) is 3.54. The van der Waals surface area contributed by atoms with Crippen LogP contribution in [0.15, 0.2) is 70.9 Å². The molecule has 6 nitrogen and oxygen atoms in total. The van der Waals surface area contributed by atoms with Gasteiger partial charge in [-0.15, -0.1) is 0 Å². The van der Waals surface area contributed by atoms with Crippen LogP contribution in [0.1, 0.15) is 11.6 Å². The number of hydrogen-bond donors (Lipinski definition) is 3. The third kappa shape index (κ3) is 3.01. The number of aliphatic hydroxyl groups excluding tert-OH is 2. The van der Waals surface area contributed by atoms with E-state index in [0.29, 0.717) is 0 Å². The van der Waals surface area contributed by atoms with Crippen LogP contribution in [0.3, 0.4) is 0 Å². The van der Waals surface area contributed by atoms with Gasteiger partial charge in [-0.2, -0.15) is 4.98 Å². The van der Waals surface area contributed by atoms with Crippen LogP contribution < -0.4 is 11.4 Å². The maximum Gasteiger partial charge on any atom is 0.350 e. The number of nitrogens with two attached hydrogens (primary N) is 1. The first-order valence-corrected chi connectivity index (χ1v) is 8.52. The minimum absolute atomic E-state index is 0.00469. The molecule has 4 rings (SSSR count). The fourth-order valence-corrected chi connectivity index (χ4v) is 3.54. The Hall–Kier alpha value is -3.03. The van der Waals surface area contributed by atoms with Gasteiger partial charge in [0, 0.05) is 6.20 Å². The Morgan fingerprint density at radius 2 is 1.85 bits per heavy atom. The molecule has 3 atom stereocenters. The summed E-state index contributed by atoms with van der Waals surface area (Å²) in [4.78, 5) is 15.6.